The summed E-state index contributed by atoms with van der Waals surface area (Å²) in [4.78, 5) is 26.4. The molecule has 2 aromatic rings. The third-order valence-electron chi connectivity index (χ3n) is 2.50. The molecule has 0 fully saturated rings. The van der Waals surface area contributed by atoms with Gasteiger partial charge in [0.05, 0.1) is 11.9 Å². The van der Waals surface area contributed by atoms with Gasteiger partial charge in [-0.25, -0.2) is 0 Å². The molecule has 94 valence electrons. The summed E-state index contributed by atoms with van der Waals surface area (Å²) >= 11 is 0. The topological polar surface area (TPSA) is 106 Å². The van der Waals surface area contributed by atoms with E-state index >= 15 is 0 Å². The Kier molecular flexibility index (Phi) is 2.88. The maximum Gasteiger partial charge on any atom is 0.262 e. The van der Waals surface area contributed by atoms with Crippen LogP contribution in [0.25, 0.3) is 0 Å². The molecule has 7 nitrogen and oxygen atoms in total. The Bertz CT molecular complexity index is 636. The summed E-state index contributed by atoms with van der Waals surface area (Å²) in [5.41, 5.74) is 6.37. The summed E-state index contributed by atoms with van der Waals surface area (Å²) in [5.74, 6) is -0.161. The number of nitrogens with zero attached hydrogens (tertiary/aromatic N) is 2. The highest BCUT2D eigenvalue weighted by Crippen LogP contribution is 2.16. The smallest absolute Gasteiger partial charge is 0.262 e. The lowest BCUT2D eigenvalue weighted by Gasteiger charge is -2.06. The van der Waals surface area contributed by atoms with Gasteiger partial charge in [0.15, 0.2) is 11.2 Å². The fourth-order valence-corrected chi connectivity index (χ4v) is 1.53. The van der Waals surface area contributed by atoms with Crippen LogP contribution in [-0.2, 0) is 7.05 Å². The van der Waals surface area contributed by atoms with Crippen LogP contribution in [0, 0.1) is 6.92 Å². The Morgan fingerprint density at radius 1 is 1.56 bits per heavy atom. The van der Waals surface area contributed by atoms with Crippen molar-refractivity contribution >= 4 is 17.4 Å². The van der Waals surface area contributed by atoms with Crippen molar-refractivity contribution in [2.75, 3.05) is 11.1 Å². The first-order valence-electron chi connectivity index (χ1n) is 5.27. The quantitative estimate of drug-likeness (QED) is 0.707. The molecule has 0 aliphatic carbocycles. The van der Waals surface area contributed by atoms with Crippen molar-refractivity contribution < 1.29 is 4.79 Å². The third-order valence-corrected chi connectivity index (χ3v) is 2.50. The minimum absolute atomic E-state index is 0.0289. The number of aryl methyl sites for hydroxylation is 2. The van der Waals surface area contributed by atoms with Crippen LogP contribution in [0.5, 0.6) is 0 Å². The second-order valence-electron chi connectivity index (χ2n) is 3.92. The first-order chi connectivity index (χ1) is 8.49. The van der Waals surface area contributed by atoms with Gasteiger partial charge in [0.2, 0.25) is 0 Å². The zero-order chi connectivity index (χ0) is 13.3. The van der Waals surface area contributed by atoms with Crippen molar-refractivity contribution in [1.82, 2.24) is 14.8 Å². The second kappa shape index (κ2) is 4.36. The number of pyridine rings is 1. The van der Waals surface area contributed by atoms with E-state index in [4.69, 9.17) is 5.73 Å². The number of carbonyl (C=O) groups excluding carboxylic acids is 1. The molecule has 2 aromatic heterocycles. The molecule has 0 radical (unpaired) electrons. The molecule has 0 spiro atoms. The van der Waals surface area contributed by atoms with Gasteiger partial charge in [0, 0.05) is 25.0 Å². The summed E-state index contributed by atoms with van der Waals surface area (Å²) < 4.78 is 1.43. The highest BCUT2D eigenvalue weighted by atomic mass is 16.2. The first kappa shape index (κ1) is 11.9. The second-order valence-corrected chi connectivity index (χ2v) is 3.92. The van der Waals surface area contributed by atoms with Gasteiger partial charge in [-0.15, -0.1) is 0 Å². The number of carbonyl (C=O) groups is 1. The zero-order valence-corrected chi connectivity index (χ0v) is 10.0. The Morgan fingerprint density at radius 3 is 2.83 bits per heavy atom. The van der Waals surface area contributed by atoms with E-state index in [0.29, 0.717) is 17.2 Å². The van der Waals surface area contributed by atoms with Gasteiger partial charge >= 0.3 is 0 Å². The maximum atomic E-state index is 11.9. The molecule has 4 N–H and O–H groups in total. The molecular weight excluding hydrogens is 234 g/mol. The van der Waals surface area contributed by atoms with E-state index in [1.807, 2.05) is 0 Å². The van der Waals surface area contributed by atoms with Crippen LogP contribution in [0.2, 0.25) is 0 Å². The zero-order valence-electron chi connectivity index (χ0n) is 10.0. The summed E-state index contributed by atoms with van der Waals surface area (Å²) in [5, 5.41) is 6.44. The fraction of sp³-hybridized carbons (Fsp3) is 0.182. The molecule has 0 atom stereocenters. The number of H-pyrrole nitrogens is 1. The van der Waals surface area contributed by atoms with Crippen molar-refractivity contribution in [1.29, 1.82) is 0 Å². The fourth-order valence-electron chi connectivity index (χ4n) is 1.53. The average molecular weight is 247 g/mol. The maximum absolute atomic E-state index is 11.9. The predicted octanol–water partition coefficient (Wildman–Crippen LogP) is 0.251. The van der Waals surface area contributed by atoms with Crippen molar-refractivity contribution in [3.8, 4) is 0 Å². The number of aromatic amines is 1. The number of hydrogen-bond acceptors (Lipinski definition) is 4. The Labute approximate surface area is 103 Å². The monoisotopic (exact) mass is 247 g/mol. The van der Waals surface area contributed by atoms with Crippen LogP contribution in [0.4, 0.5) is 11.5 Å². The normalized spacial score (nSPS) is 10.3. The lowest BCUT2D eigenvalue weighted by molar-refractivity contribution is 0.102. The van der Waals surface area contributed by atoms with E-state index in [1.165, 1.54) is 23.1 Å². The number of nitrogens with two attached hydrogens (primary N) is 1. The lowest BCUT2D eigenvalue weighted by atomic mass is 10.2. The molecule has 0 unspecified atom stereocenters. The number of anilines is 2. The molecule has 0 saturated heterocycles. The number of amides is 1. The molecule has 0 aliphatic rings. The average Bonchev–Trinajstić information content (AvgIpc) is 2.60. The molecule has 1 amide bonds. The van der Waals surface area contributed by atoms with E-state index < -0.39 is 5.91 Å². The van der Waals surface area contributed by atoms with E-state index in [0.717, 1.165) is 0 Å². The highest BCUT2D eigenvalue weighted by Gasteiger charge is 2.14. The Morgan fingerprint density at radius 2 is 2.28 bits per heavy atom. The largest absolute Gasteiger partial charge is 0.394 e. The van der Waals surface area contributed by atoms with Gasteiger partial charge in [-0.05, 0) is 6.92 Å². The SMILES string of the molecule is Cc1cc(=O)c(C(=O)Nc2c(N)cnn2C)c[nH]1. The molecule has 0 saturated carbocycles. The minimum atomic E-state index is -0.522. The van der Waals surface area contributed by atoms with Gasteiger partial charge in [0.1, 0.15) is 5.56 Å². The van der Waals surface area contributed by atoms with E-state index in [2.05, 4.69) is 15.4 Å². The van der Waals surface area contributed by atoms with Crippen LogP contribution in [-0.4, -0.2) is 20.7 Å². The summed E-state index contributed by atoms with van der Waals surface area (Å²) in [7, 11) is 1.64. The first-order valence-corrected chi connectivity index (χ1v) is 5.27. The van der Waals surface area contributed by atoms with E-state index in [9.17, 15) is 9.59 Å². The summed E-state index contributed by atoms with van der Waals surface area (Å²) in [6, 6.07) is 1.36. The van der Waals surface area contributed by atoms with Gasteiger partial charge in [0.25, 0.3) is 5.91 Å². The van der Waals surface area contributed by atoms with Gasteiger partial charge in [-0.3, -0.25) is 14.3 Å². The van der Waals surface area contributed by atoms with Gasteiger partial charge in [-0.1, -0.05) is 0 Å². The number of rotatable bonds is 2. The van der Waals surface area contributed by atoms with Gasteiger partial charge < -0.3 is 16.0 Å². The highest BCUT2D eigenvalue weighted by molar-refractivity contribution is 6.04. The van der Waals surface area contributed by atoms with Crippen LogP contribution in [0.1, 0.15) is 16.1 Å². The molecule has 2 heterocycles. The molecule has 0 aliphatic heterocycles. The van der Waals surface area contributed by atoms with Crippen LogP contribution < -0.4 is 16.5 Å². The van der Waals surface area contributed by atoms with Crippen molar-refractivity contribution in [2.24, 2.45) is 7.05 Å². The van der Waals surface area contributed by atoms with Crippen LogP contribution >= 0.6 is 0 Å². The third kappa shape index (κ3) is 2.10. The van der Waals surface area contributed by atoms with Crippen LogP contribution in [0.3, 0.4) is 0 Å². The minimum Gasteiger partial charge on any atom is -0.394 e. The number of nitrogens with one attached hydrogen (secondary N) is 2. The lowest BCUT2D eigenvalue weighted by Crippen LogP contribution is -2.23. The molecule has 0 bridgehead atoms. The standard InChI is InChI=1S/C11H13N5O2/c1-6-3-9(17)7(4-13-6)11(18)15-10-8(12)5-14-16(10)2/h3-5H,12H2,1-2H3,(H,13,17)(H,15,18). The Hall–Kier alpha value is -2.57. The summed E-state index contributed by atoms with van der Waals surface area (Å²) in [6.07, 6.45) is 2.80. The van der Waals surface area contributed by atoms with Crippen molar-refractivity contribution in [2.45, 2.75) is 6.92 Å². The molecule has 18 heavy (non-hydrogen) atoms. The van der Waals surface area contributed by atoms with Gasteiger partial charge in [-0.2, -0.15) is 5.10 Å². The number of nitrogen functional groups attached to an aromatic ring is 1. The number of hydrogen-bond donors (Lipinski definition) is 3. The van der Waals surface area contributed by atoms with Crippen molar-refractivity contribution in [3.63, 3.8) is 0 Å². The number of aromatic nitrogens is 3. The van der Waals surface area contributed by atoms with Crippen molar-refractivity contribution in [3.05, 3.63) is 39.9 Å². The molecule has 2 rings (SSSR count). The van der Waals surface area contributed by atoms with E-state index in [1.54, 1.807) is 14.0 Å². The summed E-state index contributed by atoms with van der Waals surface area (Å²) in [6.45, 7) is 1.74. The molecule has 7 heteroatoms. The Balaban J connectivity index is 2.31. The molecular formula is C11H13N5O2. The van der Waals surface area contributed by atoms with E-state index in [-0.39, 0.29) is 11.0 Å². The molecule has 0 aromatic carbocycles. The predicted molar refractivity (Wildman–Crippen MR) is 67.4 cm³/mol. The van der Waals surface area contributed by atoms with Crippen LogP contribution in [0.15, 0.2) is 23.3 Å².